The first kappa shape index (κ1) is 17.9. The van der Waals surface area contributed by atoms with Gasteiger partial charge in [0.2, 0.25) is 5.91 Å². The number of carboxylic acid groups (broad SMARTS) is 1. The van der Waals surface area contributed by atoms with Crippen molar-refractivity contribution in [2.75, 3.05) is 26.3 Å². The zero-order valence-corrected chi connectivity index (χ0v) is 15.2. The quantitative estimate of drug-likeness (QED) is 0.896. The monoisotopic (exact) mass is 349 g/mol. The molecule has 0 radical (unpaired) electrons. The van der Waals surface area contributed by atoms with Crippen molar-refractivity contribution in [1.29, 1.82) is 0 Å². The Morgan fingerprint density at radius 1 is 1.32 bits per heavy atom. The third kappa shape index (κ3) is 3.29. The molecule has 0 aromatic carbocycles. The highest BCUT2D eigenvalue weighted by Gasteiger charge is 2.46. The van der Waals surface area contributed by atoms with Crippen LogP contribution in [0.1, 0.15) is 45.7 Å². The molecule has 7 heteroatoms. The molecule has 2 saturated heterocycles. The first-order valence-electron chi connectivity index (χ1n) is 8.90. The van der Waals surface area contributed by atoms with Crippen molar-refractivity contribution in [2.45, 2.75) is 51.0 Å². The van der Waals surface area contributed by atoms with Gasteiger partial charge in [-0.15, -0.1) is 0 Å². The van der Waals surface area contributed by atoms with Crippen LogP contribution in [0.3, 0.4) is 0 Å². The van der Waals surface area contributed by atoms with Crippen LogP contribution in [0.4, 0.5) is 0 Å². The Morgan fingerprint density at radius 3 is 2.48 bits per heavy atom. The van der Waals surface area contributed by atoms with Gasteiger partial charge in [0, 0.05) is 44.1 Å². The fraction of sp³-hybridized carbons (Fsp3) is 0.722. The topological polar surface area (TPSA) is 84.7 Å². The minimum Gasteiger partial charge on any atom is -0.479 e. The number of rotatable bonds is 3. The number of aliphatic carboxylic acids is 1. The smallest absolute Gasteiger partial charge is 0.331 e. The lowest BCUT2D eigenvalue weighted by atomic mass is 9.87. The van der Waals surface area contributed by atoms with Crippen molar-refractivity contribution < 1.29 is 19.4 Å². The molecule has 0 spiro atoms. The van der Waals surface area contributed by atoms with E-state index in [4.69, 9.17) is 4.74 Å². The summed E-state index contributed by atoms with van der Waals surface area (Å²) in [5.41, 5.74) is -0.342. The van der Waals surface area contributed by atoms with Crippen LogP contribution in [0.15, 0.2) is 12.3 Å². The van der Waals surface area contributed by atoms with Crippen LogP contribution in [0.2, 0.25) is 0 Å². The van der Waals surface area contributed by atoms with Gasteiger partial charge in [-0.3, -0.25) is 9.48 Å². The van der Waals surface area contributed by atoms with E-state index in [2.05, 4.69) is 25.9 Å². The van der Waals surface area contributed by atoms with Crippen LogP contribution >= 0.6 is 0 Å². The molecule has 1 amide bonds. The molecule has 3 rings (SSSR count). The van der Waals surface area contributed by atoms with Gasteiger partial charge in [0.05, 0.1) is 18.2 Å². The molecule has 1 aromatic rings. The Hall–Kier alpha value is -1.89. The van der Waals surface area contributed by atoms with Crippen LogP contribution in [-0.4, -0.2) is 58.0 Å². The summed E-state index contributed by atoms with van der Waals surface area (Å²) in [6.45, 7) is 8.15. The number of amides is 1. The molecule has 0 unspecified atom stereocenters. The fourth-order valence-electron chi connectivity index (χ4n) is 3.59. The summed E-state index contributed by atoms with van der Waals surface area (Å²) in [5.74, 6) is -0.866. The summed E-state index contributed by atoms with van der Waals surface area (Å²) in [6, 6.07) is 1.89. The summed E-state index contributed by atoms with van der Waals surface area (Å²) in [5, 5.41) is 14.5. The minimum absolute atomic E-state index is 0.0745. The average molecular weight is 349 g/mol. The number of carbonyl (C=O) groups is 2. The Kier molecular flexibility index (Phi) is 4.62. The van der Waals surface area contributed by atoms with Crippen LogP contribution in [-0.2, 0) is 25.3 Å². The number of hydrogen-bond donors (Lipinski definition) is 1. The van der Waals surface area contributed by atoms with Gasteiger partial charge >= 0.3 is 5.97 Å². The van der Waals surface area contributed by atoms with E-state index >= 15 is 0 Å². The summed E-state index contributed by atoms with van der Waals surface area (Å²) in [4.78, 5) is 26.4. The molecule has 1 aromatic heterocycles. The maximum atomic E-state index is 12.5. The van der Waals surface area contributed by atoms with Crippen molar-refractivity contribution >= 4 is 11.9 Å². The molecular formula is C18H27N3O4. The SMILES string of the molecule is CC(C)(C)c1ccn(C2(C(=O)O)CCN(C(=O)[C@@H]3CCOC3)CC2)n1. The second kappa shape index (κ2) is 6.44. The van der Waals surface area contributed by atoms with Gasteiger partial charge in [0.1, 0.15) is 0 Å². The second-order valence-electron chi connectivity index (χ2n) is 8.12. The van der Waals surface area contributed by atoms with Crippen LogP contribution in [0.25, 0.3) is 0 Å². The average Bonchev–Trinajstić information content (AvgIpc) is 3.25. The fourth-order valence-corrected chi connectivity index (χ4v) is 3.59. The normalized spacial score (nSPS) is 23.6. The molecule has 0 aliphatic carbocycles. The summed E-state index contributed by atoms with van der Waals surface area (Å²) in [7, 11) is 0. The van der Waals surface area contributed by atoms with Gasteiger partial charge in [-0.1, -0.05) is 20.8 Å². The van der Waals surface area contributed by atoms with Crippen LogP contribution in [0, 0.1) is 5.92 Å². The van der Waals surface area contributed by atoms with Crippen molar-refractivity contribution in [2.24, 2.45) is 5.92 Å². The third-order valence-corrected chi connectivity index (χ3v) is 5.38. The van der Waals surface area contributed by atoms with Gasteiger partial charge < -0.3 is 14.7 Å². The lowest BCUT2D eigenvalue weighted by Gasteiger charge is -2.39. The second-order valence-corrected chi connectivity index (χ2v) is 8.12. The zero-order chi connectivity index (χ0) is 18.2. The third-order valence-electron chi connectivity index (χ3n) is 5.38. The van der Waals surface area contributed by atoms with Crippen molar-refractivity contribution in [3.8, 4) is 0 Å². The van der Waals surface area contributed by atoms with Gasteiger partial charge in [0.15, 0.2) is 5.54 Å². The predicted octanol–water partition coefficient (Wildman–Crippen LogP) is 1.62. The summed E-state index contributed by atoms with van der Waals surface area (Å²) < 4.78 is 6.89. The lowest BCUT2D eigenvalue weighted by molar-refractivity contribution is -0.154. The maximum absolute atomic E-state index is 12.5. The number of carboxylic acids is 1. The van der Waals surface area contributed by atoms with E-state index in [1.807, 2.05) is 6.07 Å². The standard InChI is InChI=1S/C18H27N3O4/c1-17(2,3)14-4-8-21(19-14)18(16(23)24)6-9-20(10-7-18)15(22)13-5-11-25-12-13/h4,8,13H,5-7,9-12H2,1-3H3,(H,23,24)/t13-/m1/s1. The molecule has 2 fully saturated rings. The Labute approximate surface area is 147 Å². The number of aromatic nitrogens is 2. The number of nitrogens with zero attached hydrogens (tertiary/aromatic N) is 3. The van der Waals surface area contributed by atoms with Crippen LogP contribution < -0.4 is 0 Å². The predicted molar refractivity (Wildman–Crippen MR) is 91.3 cm³/mol. The highest BCUT2D eigenvalue weighted by atomic mass is 16.5. The largest absolute Gasteiger partial charge is 0.479 e. The Bertz CT molecular complexity index is 648. The van der Waals surface area contributed by atoms with Crippen molar-refractivity contribution in [3.05, 3.63) is 18.0 Å². The first-order chi connectivity index (χ1) is 11.7. The molecule has 1 atom stereocenters. The van der Waals surface area contributed by atoms with E-state index in [-0.39, 0.29) is 17.2 Å². The molecular weight excluding hydrogens is 322 g/mol. The lowest BCUT2D eigenvalue weighted by Crippen LogP contribution is -2.53. The molecule has 0 saturated carbocycles. The Morgan fingerprint density at radius 2 is 2.00 bits per heavy atom. The van der Waals surface area contributed by atoms with E-state index in [0.717, 1.165) is 12.1 Å². The van der Waals surface area contributed by atoms with E-state index in [1.165, 1.54) is 0 Å². The number of piperidine rings is 1. The summed E-state index contributed by atoms with van der Waals surface area (Å²) in [6.07, 6.45) is 3.25. The van der Waals surface area contributed by atoms with E-state index < -0.39 is 11.5 Å². The highest BCUT2D eigenvalue weighted by molar-refractivity contribution is 5.81. The van der Waals surface area contributed by atoms with Crippen molar-refractivity contribution in [3.63, 3.8) is 0 Å². The number of carbonyl (C=O) groups excluding carboxylic acids is 1. The zero-order valence-electron chi connectivity index (χ0n) is 15.2. The molecule has 0 bridgehead atoms. The van der Waals surface area contributed by atoms with E-state index in [0.29, 0.717) is 39.1 Å². The van der Waals surface area contributed by atoms with Crippen molar-refractivity contribution in [1.82, 2.24) is 14.7 Å². The molecule has 25 heavy (non-hydrogen) atoms. The van der Waals surface area contributed by atoms with E-state index in [9.17, 15) is 14.7 Å². The van der Waals surface area contributed by atoms with E-state index in [1.54, 1.807) is 15.8 Å². The van der Waals surface area contributed by atoms with Gasteiger partial charge in [-0.2, -0.15) is 5.10 Å². The van der Waals surface area contributed by atoms with Gasteiger partial charge in [-0.05, 0) is 12.5 Å². The number of ether oxygens (including phenoxy) is 1. The van der Waals surface area contributed by atoms with Crippen LogP contribution in [0.5, 0.6) is 0 Å². The molecule has 2 aliphatic heterocycles. The first-order valence-corrected chi connectivity index (χ1v) is 8.90. The number of hydrogen-bond acceptors (Lipinski definition) is 4. The Balaban J connectivity index is 1.76. The molecule has 7 nitrogen and oxygen atoms in total. The molecule has 1 N–H and O–H groups in total. The number of likely N-dealkylation sites (tertiary alicyclic amines) is 1. The minimum atomic E-state index is -1.08. The summed E-state index contributed by atoms with van der Waals surface area (Å²) >= 11 is 0. The molecule has 3 heterocycles. The maximum Gasteiger partial charge on any atom is 0.331 e. The highest BCUT2D eigenvalue weighted by Crippen LogP contribution is 2.33. The van der Waals surface area contributed by atoms with Gasteiger partial charge in [0.25, 0.3) is 0 Å². The van der Waals surface area contributed by atoms with Gasteiger partial charge in [-0.25, -0.2) is 4.79 Å². The molecule has 2 aliphatic rings. The molecule has 138 valence electrons.